The standard InChI is InChI=1S/C28H26ClN3O/c1-20-26(28(33)32-16-14-31(15-17-32)19-21-8-3-2-4-9-21)24-12-5-6-13-25(24)30-27(20)22-10-7-11-23(29)18-22/h2-13,18H,14-17,19H2,1H3. The molecule has 0 bridgehead atoms. The Bertz CT molecular complexity index is 1300. The van der Waals surface area contributed by atoms with Crippen molar-refractivity contribution >= 4 is 28.4 Å². The van der Waals surface area contributed by atoms with Gasteiger partial charge in [-0.2, -0.15) is 0 Å². The summed E-state index contributed by atoms with van der Waals surface area (Å²) in [6.45, 7) is 6.07. The lowest BCUT2D eigenvalue weighted by molar-refractivity contribution is 0.0629. The zero-order valence-corrected chi connectivity index (χ0v) is 19.4. The Balaban J connectivity index is 1.44. The number of halogens is 1. The molecule has 4 aromatic rings. The van der Waals surface area contributed by atoms with Crippen LogP contribution in [-0.2, 0) is 6.54 Å². The average molecular weight is 456 g/mol. The van der Waals surface area contributed by atoms with Gasteiger partial charge in [-0.15, -0.1) is 0 Å². The second-order valence-corrected chi connectivity index (χ2v) is 8.98. The quantitative estimate of drug-likeness (QED) is 0.389. The van der Waals surface area contributed by atoms with E-state index in [9.17, 15) is 4.79 Å². The van der Waals surface area contributed by atoms with E-state index in [4.69, 9.17) is 16.6 Å². The minimum absolute atomic E-state index is 0.0775. The molecule has 0 atom stereocenters. The molecule has 1 aromatic heterocycles. The van der Waals surface area contributed by atoms with Crippen LogP contribution in [0.5, 0.6) is 0 Å². The van der Waals surface area contributed by atoms with Crippen LogP contribution in [0.15, 0.2) is 78.9 Å². The zero-order valence-electron chi connectivity index (χ0n) is 18.7. The van der Waals surface area contributed by atoms with Gasteiger partial charge in [0.25, 0.3) is 5.91 Å². The average Bonchev–Trinajstić information content (AvgIpc) is 2.84. The highest BCUT2D eigenvalue weighted by atomic mass is 35.5. The summed E-state index contributed by atoms with van der Waals surface area (Å²) in [4.78, 5) is 23.1. The highest BCUT2D eigenvalue weighted by Crippen LogP contribution is 2.32. The van der Waals surface area contributed by atoms with Gasteiger partial charge in [0.05, 0.1) is 16.8 Å². The van der Waals surface area contributed by atoms with Crippen LogP contribution in [-0.4, -0.2) is 46.9 Å². The third-order valence-corrected chi connectivity index (χ3v) is 6.59. The van der Waals surface area contributed by atoms with Crippen molar-refractivity contribution in [2.45, 2.75) is 13.5 Å². The topological polar surface area (TPSA) is 36.4 Å². The summed E-state index contributed by atoms with van der Waals surface area (Å²) < 4.78 is 0. The molecule has 33 heavy (non-hydrogen) atoms. The molecule has 0 radical (unpaired) electrons. The van der Waals surface area contributed by atoms with E-state index in [1.165, 1.54) is 5.56 Å². The molecule has 1 saturated heterocycles. The fourth-order valence-corrected chi connectivity index (χ4v) is 4.80. The first-order valence-corrected chi connectivity index (χ1v) is 11.7. The first-order valence-electron chi connectivity index (χ1n) is 11.3. The minimum Gasteiger partial charge on any atom is -0.336 e. The molecule has 166 valence electrons. The molecule has 1 aliphatic rings. The molecule has 4 nitrogen and oxygen atoms in total. The van der Waals surface area contributed by atoms with Gasteiger partial charge in [0, 0.05) is 48.7 Å². The Hall–Kier alpha value is -3.21. The summed E-state index contributed by atoms with van der Waals surface area (Å²) in [5, 5.41) is 1.56. The van der Waals surface area contributed by atoms with Crippen LogP contribution in [0.2, 0.25) is 5.02 Å². The van der Waals surface area contributed by atoms with Gasteiger partial charge in [0.2, 0.25) is 0 Å². The van der Waals surface area contributed by atoms with Crippen LogP contribution in [0.25, 0.3) is 22.2 Å². The van der Waals surface area contributed by atoms with E-state index < -0.39 is 0 Å². The lowest BCUT2D eigenvalue weighted by Gasteiger charge is -2.35. The number of rotatable bonds is 4. The summed E-state index contributed by atoms with van der Waals surface area (Å²) in [5.41, 5.74) is 5.50. The minimum atomic E-state index is 0.0775. The molecule has 5 heteroatoms. The number of fused-ring (bicyclic) bond motifs is 1. The monoisotopic (exact) mass is 455 g/mol. The molecular weight excluding hydrogens is 430 g/mol. The number of carbonyl (C=O) groups is 1. The first-order chi connectivity index (χ1) is 16.1. The van der Waals surface area contributed by atoms with Crippen molar-refractivity contribution < 1.29 is 4.79 Å². The number of para-hydroxylation sites is 1. The summed E-state index contributed by atoms with van der Waals surface area (Å²) in [6, 6.07) is 26.1. The second-order valence-electron chi connectivity index (χ2n) is 8.54. The molecule has 1 amide bonds. The fraction of sp³-hybridized carbons (Fsp3) is 0.214. The van der Waals surface area contributed by atoms with Crippen molar-refractivity contribution in [3.05, 3.63) is 101 Å². The fourth-order valence-electron chi connectivity index (χ4n) is 4.61. The van der Waals surface area contributed by atoms with Crippen molar-refractivity contribution in [3.8, 4) is 11.3 Å². The molecule has 5 rings (SSSR count). The van der Waals surface area contributed by atoms with E-state index in [0.29, 0.717) is 18.1 Å². The van der Waals surface area contributed by atoms with Gasteiger partial charge >= 0.3 is 0 Å². The van der Waals surface area contributed by atoms with E-state index in [2.05, 4.69) is 29.2 Å². The largest absolute Gasteiger partial charge is 0.336 e. The summed E-state index contributed by atoms with van der Waals surface area (Å²) in [7, 11) is 0. The SMILES string of the molecule is Cc1c(-c2cccc(Cl)c2)nc2ccccc2c1C(=O)N1CCN(Cc2ccccc2)CC1. The normalized spacial score (nSPS) is 14.5. The van der Waals surface area contributed by atoms with Crippen LogP contribution in [0.1, 0.15) is 21.5 Å². The molecule has 0 unspecified atom stereocenters. The smallest absolute Gasteiger partial charge is 0.254 e. The Morgan fingerprint density at radius 2 is 1.64 bits per heavy atom. The molecule has 0 spiro atoms. The lowest BCUT2D eigenvalue weighted by Crippen LogP contribution is -2.48. The van der Waals surface area contributed by atoms with Gasteiger partial charge in [-0.05, 0) is 36.2 Å². The van der Waals surface area contributed by atoms with Gasteiger partial charge in [-0.25, -0.2) is 4.98 Å². The van der Waals surface area contributed by atoms with Crippen LogP contribution < -0.4 is 0 Å². The van der Waals surface area contributed by atoms with Crippen LogP contribution in [0, 0.1) is 6.92 Å². The van der Waals surface area contributed by atoms with E-state index in [1.54, 1.807) is 0 Å². The molecule has 1 fully saturated rings. The molecule has 0 N–H and O–H groups in total. The second kappa shape index (κ2) is 9.34. The molecular formula is C28H26ClN3O. The zero-order chi connectivity index (χ0) is 22.8. The number of carbonyl (C=O) groups excluding carboxylic acids is 1. The molecule has 1 aliphatic heterocycles. The first kappa shape index (κ1) is 21.6. The van der Waals surface area contributed by atoms with Crippen molar-refractivity contribution in [2.75, 3.05) is 26.2 Å². The van der Waals surface area contributed by atoms with E-state index in [-0.39, 0.29) is 5.91 Å². The number of hydrogen-bond acceptors (Lipinski definition) is 3. The maximum atomic E-state index is 13.8. The highest BCUT2D eigenvalue weighted by Gasteiger charge is 2.26. The van der Waals surface area contributed by atoms with Crippen LogP contribution in [0.4, 0.5) is 0 Å². The van der Waals surface area contributed by atoms with Crippen molar-refractivity contribution in [3.63, 3.8) is 0 Å². The Morgan fingerprint density at radius 1 is 0.909 bits per heavy atom. The van der Waals surface area contributed by atoms with Gasteiger partial charge in [0.1, 0.15) is 0 Å². The predicted octanol–water partition coefficient (Wildman–Crippen LogP) is 5.82. The predicted molar refractivity (Wildman–Crippen MR) is 135 cm³/mol. The molecule has 3 aromatic carbocycles. The number of amides is 1. The summed E-state index contributed by atoms with van der Waals surface area (Å²) in [6.07, 6.45) is 0. The molecule has 2 heterocycles. The maximum Gasteiger partial charge on any atom is 0.254 e. The van der Waals surface area contributed by atoms with E-state index in [0.717, 1.165) is 52.9 Å². The van der Waals surface area contributed by atoms with Crippen LogP contribution in [0.3, 0.4) is 0 Å². The van der Waals surface area contributed by atoms with Gasteiger partial charge < -0.3 is 4.90 Å². The van der Waals surface area contributed by atoms with Gasteiger partial charge in [0.15, 0.2) is 0 Å². The number of pyridine rings is 1. The Morgan fingerprint density at radius 3 is 2.39 bits per heavy atom. The number of piperazine rings is 1. The van der Waals surface area contributed by atoms with Crippen molar-refractivity contribution in [1.29, 1.82) is 0 Å². The van der Waals surface area contributed by atoms with Gasteiger partial charge in [-0.3, -0.25) is 9.69 Å². The number of benzene rings is 3. The third kappa shape index (κ3) is 4.50. The number of hydrogen-bond donors (Lipinski definition) is 0. The van der Waals surface area contributed by atoms with Crippen molar-refractivity contribution in [1.82, 2.24) is 14.8 Å². The van der Waals surface area contributed by atoms with Gasteiger partial charge in [-0.1, -0.05) is 72.3 Å². The lowest BCUT2D eigenvalue weighted by atomic mass is 9.96. The number of aromatic nitrogens is 1. The van der Waals surface area contributed by atoms with Crippen molar-refractivity contribution in [2.24, 2.45) is 0 Å². The maximum absolute atomic E-state index is 13.8. The Labute approximate surface area is 199 Å². The summed E-state index contributed by atoms with van der Waals surface area (Å²) >= 11 is 6.25. The Kier molecular flexibility index (Phi) is 6.12. The van der Waals surface area contributed by atoms with E-state index >= 15 is 0 Å². The summed E-state index contributed by atoms with van der Waals surface area (Å²) in [5.74, 6) is 0.0775. The van der Waals surface area contributed by atoms with E-state index in [1.807, 2.05) is 66.4 Å². The third-order valence-electron chi connectivity index (χ3n) is 6.36. The highest BCUT2D eigenvalue weighted by molar-refractivity contribution is 6.30. The molecule has 0 aliphatic carbocycles. The molecule has 0 saturated carbocycles. The number of nitrogens with zero attached hydrogens (tertiary/aromatic N) is 3. The van der Waals surface area contributed by atoms with Crippen LogP contribution >= 0.6 is 11.6 Å².